The van der Waals surface area contributed by atoms with Gasteiger partial charge in [0.2, 0.25) is 5.91 Å². The number of thiazole rings is 1. The van der Waals surface area contributed by atoms with Gasteiger partial charge in [-0.25, -0.2) is 9.78 Å². The Labute approximate surface area is 103 Å². The molecule has 92 valence electrons. The Hall–Kier alpha value is -1.69. The van der Waals surface area contributed by atoms with Gasteiger partial charge in [0.15, 0.2) is 0 Å². The Bertz CT molecular complexity index is 463. The molecule has 0 saturated carbocycles. The maximum absolute atomic E-state index is 11.5. The van der Waals surface area contributed by atoms with Gasteiger partial charge in [-0.3, -0.25) is 4.79 Å². The second-order valence-corrected chi connectivity index (χ2v) is 5.11. The van der Waals surface area contributed by atoms with Crippen LogP contribution in [-0.2, 0) is 9.59 Å². The standard InChI is InChI=1S/C11H14N2O3S/c1-7-12-8(6-17-7)4-5-9(14)13-11(2,3)10(15)16/h4-6H,1-3H3,(H,13,14)(H,15,16)/b5-4+. The number of carbonyl (C=O) groups is 2. The molecule has 0 saturated heterocycles. The van der Waals surface area contributed by atoms with Crippen LogP contribution < -0.4 is 5.32 Å². The Morgan fingerprint density at radius 2 is 2.18 bits per heavy atom. The van der Waals surface area contributed by atoms with E-state index in [0.717, 1.165) is 5.01 Å². The van der Waals surface area contributed by atoms with Gasteiger partial charge in [0.05, 0.1) is 10.7 Å². The summed E-state index contributed by atoms with van der Waals surface area (Å²) in [5, 5.41) is 13.9. The molecular formula is C11H14N2O3S. The van der Waals surface area contributed by atoms with Crippen LogP contribution >= 0.6 is 11.3 Å². The fraction of sp³-hybridized carbons (Fsp3) is 0.364. The van der Waals surface area contributed by atoms with Crippen LogP contribution in [0.5, 0.6) is 0 Å². The van der Waals surface area contributed by atoms with Gasteiger partial charge in [0.1, 0.15) is 5.54 Å². The van der Waals surface area contributed by atoms with Crippen molar-refractivity contribution in [3.8, 4) is 0 Å². The molecule has 1 rings (SSSR count). The Balaban J connectivity index is 2.61. The summed E-state index contributed by atoms with van der Waals surface area (Å²) in [5.41, 5.74) is -0.588. The molecule has 0 fully saturated rings. The van der Waals surface area contributed by atoms with Gasteiger partial charge >= 0.3 is 5.97 Å². The maximum atomic E-state index is 11.5. The number of nitrogens with zero attached hydrogens (tertiary/aromatic N) is 1. The molecule has 0 aliphatic heterocycles. The minimum Gasteiger partial charge on any atom is -0.480 e. The van der Waals surface area contributed by atoms with Crippen LogP contribution in [0.3, 0.4) is 0 Å². The van der Waals surface area contributed by atoms with E-state index in [1.807, 2.05) is 12.3 Å². The number of carboxylic acids is 1. The third-order valence-corrected chi connectivity index (χ3v) is 2.80. The summed E-state index contributed by atoms with van der Waals surface area (Å²) >= 11 is 1.49. The highest BCUT2D eigenvalue weighted by molar-refractivity contribution is 7.09. The smallest absolute Gasteiger partial charge is 0.328 e. The van der Waals surface area contributed by atoms with Gasteiger partial charge in [-0.05, 0) is 26.8 Å². The lowest BCUT2D eigenvalue weighted by molar-refractivity contribution is -0.145. The predicted octanol–water partition coefficient (Wildman–Crippen LogP) is 1.44. The van der Waals surface area contributed by atoms with E-state index in [4.69, 9.17) is 5.11 Å². The molecule has 2 N–H and O–H groups in total. The fourth-order valence-corrected chi connectivity index (χ4v) is 1.60. The molecule has 0 spiro atoms. The Kier molecular flexibility index (Phi) is 4.01. The zero-order valence-electron chi connectivity index (χ0n) is 9.85. The highest BCUT2D eigenvalue weighted by Crippen LogP contribution is 2.09. The van der Waals surface area contributed by atoms with Crippen molar-refractivity contribution in [1.82, 2.24) is 10.3 Å². The summed E-state index contributed by atoms with van der Waals surface area (Å²) in [6, 6.07) is 0. The van der Waals surface area contributed by atoms with Crippen molar-refractivity contribution in [2.75, 3.05) is 0 Å². The molecule has 0 aliphatic rings. The maximum Gasteiger partial charge on any atom is 0.328 e. The largest absolute Gasteiger partial charge is 0.480 e. The lowest BCUT2D eigenvalue weighted by Crippen LogP contribution is -2.49. The van der Waals surface area contributed by atoms with Gasteiger partial charge in [0, 0.05) is 11.5 Å². The number of amides is 1. The van der Waals surface area contributed by atoms with Crippen molar-refractivity contribution in [1.29, 1.82) is 0 Å². The topological polar surface area (TPSA) is 79.3 Å². The van der Waals surface area contributed by atoms with Crippen molar-refractivity contribution in [2.24, 2.45) is 0 Å². The SMILES string of the molecule is Cc1nc(/C=C/C(=O)NC(C)(C)C(=O)O)cs1. The first-order valence-electron chi connectivity index (χ1n) is 4.97. The van der Waals surface area contributed by atoms with Gasteiger partial charge in [-0.2, -0.15) is 0 Å². The van der Waals surface area contributed by atoms with Crippen LogP contribution in [0.2, 0.25) is 0 Å². The van der Waals surface area contributed by atoms with Crippen molar-refractivity contribution in [2.45, 2.75) is 26.3 Å². The molecule has 17 heavy (non-hydrogen) atoms. The number of carbonyl (C=O) groups excluding carboxylic acids is 1. The van der Waals surface area contributed by atoms with Crippen molar-refractivity contribution < 1.29 is 14.7 Å². The van der Waals surface area contributed by atoms with Crippen LogP contribution in [0.15, 0.2) is 11.5 Å². The summed E-state index contributed by atoms with van der Waals surface area (Å²) < 4.78 is 0. The minimum absolute atomic E-state index is 0.456. The van der Waals surface area contributed by atoms with Crippen molar-refractivity contribution in [3.63, 3.8) is 0 Å². The first-order valence-corrected chi connectivity index (χ1v) is 5.85. The first kappa shape index (κ1) is 13.4. The van der Waals surface area contributed by atoms with E-state index in [2.05, 4.69) is 10.3 Å². The van der Waals surface area contributed by atoms with Crippen molar-refractivity contribution >= 4 is 29.3 Å². The van der Waals surface area contributed by atoms with E-state index in [1.54, 1.807) is 6.08 Å². The summed E-state index contributed by atoms with van der Waals surface area (Å²) in [7, 11) is 0. The van der Waals surface area contributed by atoms with E-state index in [-0.39, 0.29) is 0 Å². The molecule has 0 aliphatic carbocycles. The molecule has 0 unspecified atom stereocenters. The second-order valence-electron chi connectivity index (χ2n) is 4.04. The molecule has 1 amide bonds. The number of aliphatic carboxylic acids is 1. The van der Waals surface area contributed by atoms with Crippen LogP contribution in [-0.4, -0.2) is 27.5 Å². The predicted molar refractivity (Wildman–Crippen MR) is 65.7 cm³/mol. The van der Waals surface area contributed by atoms with Gasteiger partial charge in [-0.15, -0.1) is 11.3 Å². The van der Waals surface area contributed by atoms with Crippen LogP contribution in [0, 0.1) is 6.92 Å². The summed E-state index contributed by atoms with van der Waals surface area (Å²) in [5.74, 6) is -1.54. The molecule has 5 nitrogen and oxygen atoms in total. The molecule has 0 atom stereocenters. The summed E-state index contributed by atoms with van der Waals surface area (Å²) in [6.07, 6.45) is 2.83. The summed E-state index contributed by atoms with van der Waals surface area (Å²) in [6.45, 7) is 4.72. The lowest BCUT2D eigenvalue weighted by Gasteiger charge is -2.19. The highest BCUT2D eigenvalue weighted by atomic mass is 32.1. The summed E-state index contributed by atoms with van der Waals surface area (Å²) in [4.78, 5) is 26.4. The highest BCUT2D eigenvalue weighted by Gasteiger charge is 2.27. The molecule has 1 aromatic rings. The quantitative estimate of drug-likeness (QED) is 0.797. The van der Waals surface area contributed by atoms with E-state index < -0.39 is 17.4 Å². The van der Waals surface area contributed by atoms with Gasteiger partial charge < -0.3 is 10.4 Å². The van der Waals surface area contributed by atoms with Crippen LogP contribution in [0.1, 0.15) is 24.5 Å². The number of aromatic nitrogens is 1. The van der Waals surface area contributed by atoms with Crippen LogP contribution in [0.25, 0.3) is 6.08 Å². The monoisotopic (exact) mass is 254 g/mol. The molecule has 6 heteroatoms. The average Bonchev–Trinajstić information content (AvgIpc) is 2.60. The average molecular weight is 254 g/mol. The van der Waals surface area contributed by atoms with Crippen molar-refractivity contribution in [3.05, 3.63) is 22.2 Å². The number of hydrogen-bond donors (Lipinski definition) is 2. The first-order chi connectivity index (χ1) is 7.81. The van der Waals surface area contributed by atoms with Gasteiger partial charge in [0.25, 0.3) is 0 Å². The Morgan fingerprint density at radius 1 is 1.53 bits per heavy atom. The zero-order valence-corrected chi connectivity index (χ0v) is 10.7. The van der Waals surface area contributed by atoms with E-state index in [0.29, 0.717) is 5.69 Å². The molecular weight excluding hydrogens is 240 g/mol. The van der Waals surface area contributed by atoms with Gasteiger partial charge in [-0.1, -0.05) is 0 Å². The number of carboxylic acid groups (broad SMARTS) is 1. The third kappa shape index (κ3) is 3.99. The lowest BCUT2D eigenvalue weighted by atomic mass is 10.1. The van der Waals surface area contributed by atoms with Crippen LogP contribution in [0.4, 0.5) is 0 Å². The minimum atomic E-state index is -1.28. The molecule has 0 bridgehead atoms. The molecule has 1 aromatic heterocycles. The molecule has 1 heterocycles. The molecule has 0 radical (unpaired) electrons. The number of aryl methyl sites for hydroxylation is 1. The zero-order chi connectivity index (χ0) is 13.1. The fourth-order valence-electron chi connectivity index (χ4n) is 1.02. The van der Waals surface area contributed by atoms with E-state index >= 15 is 0 Å². The molecule has 0 aromatic carbocycles. The number of nitrogens with one attached hydrogen (secondary N) is 1. The second kappa shape index (κ2) is 5.09. The number of rotatable bonds is 4. The Morgan fingerprint density at radius 3 is 2.65 bits per heavy atom. The van der Waals surface area contributed by atoms with E-state index in [9.17, 15) is 9.59 Å². The normalized spacial score (nSPS) is 11.7. The third-order valence-electron chi connectivity index (χ3n) is 2.01. The van der Waals surface area contributed by atoms with E-state index in [1.165, 1.54) is 31.3 Å². The number of hydrogen-bond acceptors (Lipinski definition) is 4.